The summed E-state index contributed by atoms with van der Waals surface area (Å²) < 4.78 is 18.1. The maximum absolute atomic E-state index is 13.5. The predicted molar refractivity (Wildman–Crippen MR) is 141 cm³/mol. The van der Waals surface area contributed by atoms with Crippen LogP contribution in [0.3, 0.4) is 0 Å². The first-order valence-electron chi connectivity index (χ1n) is 12.5. The van der Waals surface area contributed by atoms with Crippen molar-refractivity contribution in [3.63, 3.8) is 0 Å². The van der Waals surface area contributed by atoms with Crippen molar-refractivity contribution in [3.05, 3.63) is 87.6 Å². The van der Waals surface area contributed by atoms with Crippen molar-refractivity contribution in [1.29, 1.82) is 0 Å². The van der Waals surface area contributed by atoms with Crippen molar-refractivity contribution < 1.29 is 23.8 Å². The molecule has 1 aromatic heterocycles. The molecule has 36 heavy (non-hydrogen) atoms. The number of rotatable bonds is 12. The number of carboxylic acids is 1. The zero-order valence-electron chi connectivity index (χ0n) is 20.8. The van der Waals surface area contributed by atoms with Crippen molar-refractivity contribution in [2.45, 2.75) is 51.6 Å². The Balaban J connectivity index is 1.78. The molecule has 0 aliphatic heterocycles. The minimum Gasteiger partial charge on any atom is -0.490 e. The maximum Gasteiger partial charge on any atom is 0.335 e. The molecular weight excluding hydrogens is 456 g/mol. The molecule has 188 valence electrons. The molecule has 0 aliphatic carbocycles. The summed E-state index contributed by atoms with van der Waals surface area (Å²) in [6.07, 6.45) is 6.41. The highest BCUT2D eigenvalue weighted by Crippen LogP contribution is 2.35. The van der Waals surface area contributed by atoms with E-state index in [2.05, 4.69) is 6.92 Å². The quantitative estimate of drug-likeness (QED) is 0.169. The summed E-state index contributed by atoms with van der Waals surface area (Å²) in [7, 11) is 1.63. The summed E-state index contributed by atoms with van der Waals surface area (Å²) in [6, 6.07) is 17.7. The second-order valence-corrected chi connectivity index (χ2v) is 8.99. The molecule has 3 aromatic carbocycles. The average Bonchev–Trinajstić information content (AvgIpc) is 2.89. The van der Waals surface area contributed by atoms with Gasteiger partial charge in [0.05, 0.1) is 22.9 Å². The van der Waals surface area contributed by atoms with Gasteiger partial charge in [-0.15, -0.1) is 0 Å². The third kappa shape index (κ3) is 5.60. The Bertz CT molecular complexity index is 1390. The van der Waals surface area contributed by atoms with Crippen LogP contribution in [0.5, 0.6) is 5.75 Å². The van der Waals surface area contributed by atoms with Crippen LogP contribution in [-0.4, -0.2) is 24.8 Å². The van der Waals surface area contributed by atoms with E-state index >= 15 is 0 Å². The monoisotopic (exact) mass is 488 g/mol. The number of fused-ring (bicyclic) bond motifs is 2. The lowest BCUT2D eigenvalue weighted by Gasteiger charge is -2.19. The molecule has 6 heteroatoms. The van der Waals surface area contributed by atoms with Gasteiger partial charge in [-0.05, 0) is 47.9 Å². The van der Waals surface area contributed by atoms with Gasteiger partial charge in [0.1, 0.15) is 11.7 Å². The van der Waals surface area contributed by atoms with E-state index in [0.29, 0.717) is 28.9 Å². The summed E-state index contributed by atoms with van der Waals surface area (Å²) in [5.74, 6) is -0.619. The van der Waals surface area contributed by atoms with E-state index in [-0.39, 0.29) is 16.4 Å². The molecule has 0 saturated heterocycles. The van der Waals surface area contributed by atoms with Crippen LogP contribution in [0.1, 0.15) is 73.0 Å². The highest BCUT2D eigenvalue weighted by molar-refractivity contribution is 5.97. The van der Waals surface area contributed by atoms with Crippen LogP contribution in [-0.2, 0) is 4.74 Å². The Hall–Kier alpha value is -3.64. The van der Waals surface area contributed by atoms with Crippen LogP contribution >= 0.6 is 0 Å². The fraction of sp³-hybridized carbons (Fsp3) is 0.333. The SMILES string of the molecule is CCCCCCCCOc1cc(C(OC)c2ccccc2)cc2c(=O)c3cc(C(=O)O)ccc3oc12. The lowest BCUT2D eigenvalue weighted by Crippen LogP contribution is -2.09. The number of benzene rings is 3. The fourth-order valence-corrected chi connectivity index (χ4v) is 4.50. The van der Waals surface area contributed by atoms with Crippen molar-refractivity contribution >= 4 is 27.9 Å². The molecule has 0 bridgehead atoms. The topological polar surface area (TPSA) is 86.0 Å². The summed E-state index contributed by atoms with van der Waals surface area (Å²) in [6.45, 7) is 2.71. The minimum absolute atomic E-state index is 0.0314. The number of hydrogen-bond donors (Lipinski definition) is 1. The maximum atomic E-state index is 13.5. The van der Waals surface area contributed by atoms with E-state index in [0.717, 1.165) is 24.0 Å². The van der Waals surface area contributed by atoms with Crippen molar-refractivity contribution in [3.8, 4) is 5.75 Å². The molecule has 1 heterocycles. The van der Waals surface area contributed by atoms with Gasteiger partial charge in [0.2, 0.25) is 5.43 Å². The summed E-state index contributed by atoms with van der Waals surface area (Å²) >= 11 is 0. The van der Waals surface area contributed by atoms with E-state index in [1.54, 1.807) is 13.2 Å². The van der Waals surface area contributed by atoms with Crippen LogP contribution in [0.15, 0.2) is 69.9 Å². The zero-order chi connectivity index (χ0) is 25.5. The molecule has 0 saturated carbocycles. The number of unbranched alkanes of at least 4 members (excludes halogenated alkanes) is 5. The molecule has 0 radical (unpaired) electrons. The number of hydrogen-bond acceptors (Lipinski definition) is 5. The number of ether oxygens (including phenoxy) is 2. The molecule has 0 spiro atoms. The molecule has 1 N–H and O–H groups in total. The number of methoxy groups -OCH3 is 1. The van der Waals surface area contributed by atoms with Crippen molar-refractivity contribution in [2.24, 2.45) is 0 Å². The van der Waals surface area contributed by atoms with Gasteiger partial charge in [0.25, 0.3) is 0 Å². The smallest absolute Gasteiger partial charge is 0.335 e. The second kappa shape index (κ2) is 11.9. The lowest BCUT2D eigenvalue weighted by atomic mass is 9.98. The Labute approximate surface area is 210 Å². The average molecular weight is 489 g/mol. The molecule has 0 aliphatic rings. The first-order chi connectivity index (χ1) is 17.5. The van der Waals surface area contributed by atoms with Gasteiger partial charge in [-0.25, -0.2) is 4.79 Å². The van der Waals surface area contributed by atoms with Crippen molar-refractivity contribution in [1.82, 2.24) is 0 Å². The Morgan fingerprint density at radius 1 is 0.917 bits per heavy atom. The second-order valence-electron chi connectivity index (χ2n) is 8.99. The zero-order valence-corrected chi connectivity index (χ0v) is 20.8. The van der Waals surface area contributed by atoms with Gasteiger partial charge in [-0.1, -0.05) is 69.4 Å². The highest BCUT2D eigenvalue weighted by Gasteiger charge is 2.20. The summed E-state index contributed by atoms with van der Waals surface area (Å²) in [5.41, 5.74) is 2.11. The first-order valence-corrected chi connectivity index (χ1v) is 12.5. The molecule has 4 rings (SSSR count). The Kier molecular flexibility index (Phi) is 8.39. The Morgan fingerprint density at radius 3 is 2.39 bits per heavy atom. The normalized spacial score (nSPS) is 12.2. The summed E-state index contributed by atoms with van der Waals surface area (Å²) in [5, 5.41) is 9.94. The lowest BCUT2D eigenvalue weighted by molar-refractivity contribution is 0.0697. The van der Waals surface area contributed by atoms with Crippen LogP contribution in [0.25, 0.3) is 21.9 Å². The Morgan fingerprint density at radius 2 is 1.67 bits per heavy atom. The molecular formula is C30H32O6. The van der Waals surface area contributed by atoms with Gasteiger partial charge in [-0.3, -0.25) is 4.79 Å². The minimum atomic E-state index is -1.10. The molecule has 0 fully saturated rings. The predicted octanol–water partition coefficient (Wildman–Crippen LogP) is 7.12. The van der Waals surface area contributed by atoms with Gasteiger partial charge in [0.15, 0.2) is 11.3 Å². The van der Waals surface area contributed by atoms with Gasteiger partial charge >= 0.3 is 5.97 Å². The number of carboxylic acid groups (broad SMARTS) is 1. The van der Waals surface area contributed by atoms with E-state index in [9.17, 15) is 14.7 Å². The summed E-state index contributed by atoms with van der Waals surface area (Å²) in [4.78, 5) is 25.0. The largest absolute Gasteiger partial charge is 0.490 e. The molecule has 6 nitrogen and oxygen atoms in total. The third-order valence-electron chi connectivity index (χ3n) is 6.40. The van der Waals surface area contributed by atoms with Crippen molar-refractivity contribution in [2.75, 3.05) is 13.7 Å². The first kappa shape index (κ1) is 25.5. The third-order valence-corrected chi connectivity index (χ3v) is 6.40. The van der Waals surface area contributed by atoms with Gasteiger partial charge < -0.3 is 19.0 Å². The van der Waals surface area contributed by atoms with Gasteiger partial charge in [0, 0.05) is 7.11 Å². The highest BCUT2D eigenvalue weighted by atomic mass is 16.5. The van der Waals surface area contributed by atoms with Crippen LogP contribution in [0.4, 0.5) is 0 Å². The number of carbonyl (C=O) groups is 1. The molecule has 1 unspecified atom stereocenters. The molecule has 4 aromatic rings. The van der Waals surface area contributed by atoms with E-state index < -0.39 is 12.1 Å². The number of aromatic carboxylic acids is 1. The molecule has 1 atom stereocenters. The standard InChI is InChI=1S/C30H32O6/c1-3-4-5-6-7-11-16-35-26-19-22(28(34-2)20-12-9-8-10-13-20)18-24-27(31)23-17-21(30(32)33)14-15-25(23)36-29(24)26/h8-10,12-15,17-19,28H,3-7,11,16H2,1-2H3,(H,32,33). The van der Waals surface area contributed by atoms with Crippen LogP contribution in [0, 0.1) is 0 Å². The molecule has 0 amide bonds. The van der Waals surface area contributed by atoms with E-state index in [1.165, 1.54) is 43.9 Å². The van der Waals surface area contributed by atoms with E-state index in [4.69, 9.17) is 13.9 Å². The van der Waals surface area contributed by atoms with Gasteiger partial charge in [-0.2, -0.15) is 0 Å². The fourth-order valence-electron chi connectivity index (χ4n) is 4.50. The van der Waals surface area contributed by atoms with Crippen LogP contribution in [0.2, 0.25) is 0 Å². The van der Waals surface area contributed by atoms with E-state index in [1.807, 2.05) is 36.4 Å². The van der Waals surface area contributed by atoms with Crippen LogP contribution < -0.4 is 10.2 Å².